The van der Waals surface area contributed by atoms with Crippen molar-refractivity contribution in [2.75, 3.05) is 39.3 Å². The van der Waals surface area contributed by atoms with Gasteiger partial charge in [0.25, 0.3) is 0 Å². The van der Waals surface area contributed by atoms with E-state index in [-0.39, 0.29) is 12.6 Å². The summed E-state index contributed by atoms with van der Waals surface area (Å²) in [6, 6.07) is 11.1. The lowest BCUT2D eigenvalue weighted by molar-refractivity contribution is -0.137. The second-order valence-electron chi connectivity index (χ2n) is 9.86. The summed E-state index contributed by atoms with van der Waals surface area (Å²) in [5.74, 6) is 0.703. The maximum absolute atomic E-state index is 12.8. The number of aryl methyl sites for hydroxylation is 1. The van der Waals surface area contributed by atoms with Crippen molar-refractivity contribution in [1.82, 2.24) is 20.3 Å². The van der Waals surface area contributed by atoms with Gasteiger partial charge in [0.15, 0.2) is 0 Å². The standard InChI is InChI=1S/C27H31F3N4O3S/c1-17-13-33(14-21-11-25(37-32-21)19-3-5-20(6-4-19)27(28,29)30)9-10-34(17)15-22(35)16-36-23-7-8-26-24(12-23)31-18(2)38-26/h3-8,11-12,17,22,25,32,35H,9-10,13-16H2,1-2H3/t17-,22+,25?/m0/s1. The Morgan fingerprint density at radius 1 is 1.21 bits per heavy atom. The molecule has 3 heterocycles. The molecule has 1 saturated heterocycles. The molecular weight excluding hydrogens is 517 g/mol. The number of hydrogen-bond donors (Lipinski definition) is 2. The van der Waals surface area contributed by atoms with Crippen molar-refractivity contribution < 1.29 is 27.9 Å². The van der Waals surface area contributed by atoms with Crippen molar-refractivity contribution in [2.45, 2.75) is 38.3 Å². The number of ether oxygens (including phenoxy) is 1. The molecule has 0 bridgehead atoms. The summed E-state index contributed by atoms with van der Waals surface area (Å²) < 4.78 is 45.4. The highest BCUT2D eigenvalue weighted by Gasteiger charge is 2.31. The first-order chi connectivity index (χ1) is 18.1. The Morgan fingerprint density at radius 2 is 2.00 bits per heavy atom. The van der Waals surface area contributed by atoms with Crippen LogP contribution in [0.4, 0.5) is 13.2 Å². The number of alkyl halides is 3. The van der Waals surface area contributed by atoms with E-state index in [0.29, 0.717) is 24.4 Å². The monoisotopic (exact) mass is 548 g/mol. The normalized spacial score (nSPS) is 21.9. The molecule has 1 fully saturated rings. The van der Waals surface area contributed by atoms with Crippen LogP contribution in [0.3, 0.4) is 0 Å². The summed E-state index contributed by atoms with van der Waals surface area (Å²) in [5, 5.41) is 11.6. The minimum absolute atomic E-state index is 0.209. The molecule has 7 nitrogen and oxygen atoms in total. The molecule has 0 spiro atoms. The van der Waals surface area contributed by atoms with Gasteiger partial charge in [-0.25, -0.2) is 4.98 Å². The fraction of sp³-hybridized carbons (Fsp3) is 0.444. The number of rotatable bonds is 8. The van der Waals surface area contributed by atoms with Crippen molar-refractivity contribution >= 4 is 21.6 Å². The van der Waals surface area contributed by atoms with Gasteiger partial charge in [-0.3, -0.25) is 20.1 Å². The lowest BCUT2D eigenvalue weighted by Crippen LogP contribution is -2.54. The second-order valence-corrected chi connectivity index (χ2v) is 11.1. The molecule has 0 saturated carbocycles. The summed E-state index contributed by atoms with van der Waals surface area (Å²) in [6.45, 7) is 7.94. The molecule has 2 aliphatic rings. The zero-order valence-electron chi connectivity index (χ0n) is 21.2. The van der Waals surface area contributed by atoms with E-state index in [4.69, 9.17) is 9.57 Å². The second kappa shape index (κ2) is 11.2. The van der Waals surface area contributed by atoms with Gasteiger partial charge in [0.05, 0.1) is 26.5 Å². The molecule has 2 aliphatic heterocycles. The van der Waals surface area contributed by atoms with E-state index in [9.17, 15) is 18.3 Å². The van der Waals surface area contributed by atoms with Crippen LogP contribution in [0.25, 0.3) is 10.2 Å². The fourth-order valence-corrected chi connectivity index (χ4v) is 5.66. The summed E-state index contributed by atoms with van der Waals surface area (Å²) in [4.78, 5) is 14.6. The molecule has 5 rings (SSSR count). The smallest absolute Gasteiger partial charge is 0.416 e. The number of piperazine rings is 1. The molecule has 3 aromatic rings. The number of aliphatic hydroxyl groups is 1. The summed E-state index contributed by atoms with van der Waals surface area (Å²) in [6.07, 6.45) is -3.49. The van der Waals surface area contributed by atoms with E-state index < -0.39 is 23.9 Å². The lowest BCUT2D eigenvalue weighted by atomic mass is 10.1. The number of aromatic nitrogens is 1. The van der Waals surface area contributed by atoms with Gasteiger partial charge in [0.1, 0.15) is 24.6 Å². The first-order valence-electron chi connectivity index (χ1n) is 12.6. The van der Waals surface area contributed by atoms with E-state index in [2.05, 4.69) is 27.2 Å². The van der Waals surface area contributed by atoms with E-state index in [0.717, 1.165) is 52.7 Å². The number of hydroxylamine groups is 1. The first kappa shape index (κ1) is 26.9. The molecule has 2 aromatic carbocycles. The predicted octanol–water partition coefficient (Wildman–Crippen LogP) is 4.53. The lowest BCUT2D eigenvalue weighted by Gasteiger charge is -2.40. The number of halogens is 3. The van der Waals surface area contributed by atoms with Crippen LogP contribution in [0.2, 0.25) is 0 Å². The van der Waals surface area contributed by atoms with Gasteiger partial charge in [-0.2, -0.15) is 13.2 Å². The number of β-amino-alcohol motifs (C(OH)–C–C–N with tert-alkyl or cyclic N) is 1. The Labute approximate surface area is 223 Å². The van der Waals surface area contributed by atoms with Crippen LogP contribution in [0.5, 0.6) is 5.75 Å². The molecule has 204 valence electrons. The van der Waals surface area contributed by atoms with Crippen LogP contribution in [0.1, 0.15) is 29.2 Å². The molecule has 0 radical (unpaired) electrons. The number of thiazole rings is 1. The SMILES string of the molecule is Cc1nc2cc(OC[C@H](O)CN3CCN(CC4=CC(c5ccc(C(F)(F)F)cc5)ON4)C[C@@H]3C)ccc2s1. The van der Waals surface area contributed by atoms with E-state index in [1.807, 2.05) is 31.2 Å². The summed E-state index contributed by atoms with van der Waals surface area (Å²) in [7, 11) is 0. The van der Waals surface area contributed by atoms with Gasteiger partial charge in [0.2, 0.25) is 0 Å². The van der Waals surface area contributed by atoms with E-state index in [1.54, 1.807) is 11.3 Å². The molecule has 38 heavy (non-hydrogen) atoms. The van der Waals surface area contributed by atoms with Gasteiger partial charge in [-0.1, -0.05) is 12.1 Å². The molecule has 11 heteroatoms. The Balaban J connectivity index is 1.07. The maximum atomic E-state index is 12.8. The van der Waals surface area contributed by atoms with E-state index >= 15 is 0 Å². The molecule has 0 amide bonds. The van der Waals surface area contributed by atoms with Crippen LogP contribution in [0, 0.1) is 6.92 Å². The third-order valence-corrected chi connectivity index (χ3v) is 7.78. The Bertz CT molecular complexity index is 1280. The predicted molar refractivity (Wildman–Crippen MR) is 140 cm³/mol. The highest BCUT2D eigenvalue weighted by molar-refractivity contribution is 7.18. The van der Waals surface area contributed by atoms with Crippen LogP contribution < -0.4 is 10.2 Å². The number of nitrogens with one attached hydrogen (secondary N) is 1. The van der Waals surface area contributed by atoms with Gasteiger partial charge in [-0.15, -0.1) is 11.3 Å². The van der Waals surface area contributed by atoms with Crippen LogP contribution >= 0.6 is 11.3 Å². The Hall–Kier alpha value is -2.70. The zero-order valence-corrected chi connectivity index (χ0v) is 22.1. The Morgan fingerprint density at radius 3 is 2.74 bits per heavy atom. The van der Waals surface area contributed by atoms with Gasteiger partial charge < -0.3 is 9.84 Å². The van der Waals surface area contributed by atoms with Gasteiger partial charge >= 0.3 is 6.18 Å². The quantitative estimate of drug-likeness (QED) is 0.429. The van der Waals surface area contributed by atoms with Crippen LogP contribution in [0.15, 0.2) is 54.2 Å². The maximum Gasteiger partial charge on any atom is 0.416 e. The minimum Gasteiger partial charge on any atom is -0.491 e. The van der Waals surface area contributed by atoms with Gasteiger partial charge in [0, 0.05) is 44.8 Å². The molecule has 2 N–H and O–H groups in total. The van der Waals surface area contributed by atoms with Crippen molar-refractivity contribution in [1.29, 1.82) is 0 Å². The van der Waals surface area contributed by atoms with E-state index in [1.165, 1.54) is 12.1 Å². The van der Waals surface area contributed by atoms with Gasteiger partial charge in [-0.05, 0) is 49.8 Å². The third-order valence-electron chi connectivity index (χ3n) is 6.83. The third kappa shape index (κ3) is 6.47. The number of aliphatic hydroxyl groups excluding tert-OH is 1. The average molecular weight is 549 g/mol. The van der Waals surface area contributed by atoms with Crippen LogP contribution in [-0.2, 0) is 11.0 Å². The summed E-state index contributed by atoms with van der Waals surface area (Å²) in [5.41, 5.74) is 4.71. The number of fused-ring (bicyclic) bond motifs is 1. The molecule has 3 atom stereocenters. The first-order valence-corrected chi connectivity index (χ1v) is 13.4. The van der Waals surface area contributed by atoms with Crippen molar-refractivity contribution in [3.8, 4) is 5.75 Å². The molecule has 0 aliphatic carbocycles. The fourth-order valence-electron chi connectivity index (χ4n) is 4.86. The van der Waals surface area contributed by atoms with Crippen molar-refractivity contribution in [2.24, 2.45) is 0 Å². The average Bonchev–Trinajstić information content (AvgIpc) is 3.49. The van der Waals surface area contributed by atoms with Crippen molar-refractivity contribution in [3.63, 3.8) is 0 Å². The Kier molecular flexibility index (Phi) is 7.92. The number of hydrogen-bond acceptors (Lipinski definition) is 8. The topological polar surface area (TPSA) is 70.1 Å². The zero-order chi connectivity index (χ0) is 26.9. The number of benzene rings is 2. The highest BCUT2D eigenvalue weighted by Crippen LogP contribution is 2.32. The largest absolute Gasteiger partial charge is 0.491 e. The minimum atomic E-state index is -4.35. The van der Waals surface area contributed by atoms with Crippen LogP contribution in [-0.4, -0.2) is 71.4 Å². The molecule has 1 unspecified atom stereocenters. The molecule has 1 aromatic heterocycles. The van der Waals surface area contributed by atoms with Crippen molar-refractivity contribution in [3.05, 3.63) is 70.4 Å². The highest BCUT2D eigenvalue weighted by atomic mass is 32.1. The number of nitrogens with zero attached hydrogens (tertiary/aromatic N) is 3. The molecular formula is C27H31F3N4O3S. The summed E-state index contributed by atoms with van der Waals surface area (Å²) >= 11 is 1.64.